The number of carbonyl (C=O) groups excluding carboxylic acids is 1. The first-order valence-electron chi connectivity index (χ1n) is 6.95. The molecule has 0 unspecified atom stereocenters. The van der Waals surface area contributed by atoms with Crippen molar-refractivity contribution in [3.63, 3.8) is 0 Å². The summed E-state index contributed by atoms with van der Waals surface area (Å²) in [5, 5.41) is 13.4. The summed E-state index contributed by atoms with van der Waals surface area (Å²) in [6.07, 6.45) is 0. The van der Waals surface area contributed by atoms with Crippen molar-refractivity contribution in [2.45, 2.75) is 5.16 Å². The maximum Gasteiger partial charge on any atom is 0.235 e. The number of hydrogen-bond acceptors (Lipinski definition) is 5. The summed E-state index contributed by atoms with van der Waals surface area (Å²) in [5.41, 5.74) is -0.133. The molecule has 0 bridgehead atoms. The lowest BCUT2D eigenvalue weighted by atomic mass is 10.3. The van der Waals surface area contributed by atoms with Crippen molar-refractivity contribution in [1.29, 1.82) is 0 Å². The predicted octanol–water partition coefficient (Wildman–Crippen LogP) is 2.81. The second-order valence-corrected chi connectivity index (χ2v) is 5.73. The van der Waals surface area contributed by atoms with Crippen LogP contribution in [0, 0.1) is 17.5 Å². The average molecular weight is 365 g/mol. The maximum absolute atomic E-state index is 13.5. The van der Waals surface area contributed by atoms with Crippen LogP contribution in [0.5, 0.6) is 0 Å². The predicted molar refractivity (Wildman–Crippen MR) is 84.8 cm³/mol. The second-order valence-electron chi connectivity index (χ2n) is 4.79. The molecule has 0 saturated carbocycles. The number of benzene rings is 2. The fourth-order valence-corrected chi connectivity index (χ4v) is 2.65. The highest BCUT2D eigenvalue weighted by Crippen LogP contribution is 2.21. The Morgan fingerprint density at radius 2 is 1.84 bits per heavy atom. The molecule has 1 heterocycles. The topological polar surface area (TPSA) is 72.7 Å². The first-order chi connectivity index (χ1) is 12.0. The second kappa shape index (κ2) is 7.34. The summed E-state index contributed by atoms with van der Waals surface area (Å²) in [5.74, 6) is -3.03. The van der Waals surface area contributed by atoms with Gasteiger partial charge in [-0.25, -0.2) is 13.2 Å². The van der Waals surface area contributed by atoms with Crippen LogP contribution < -0.4 is 5.32 Å². The van der Waals surface area contributed by atoms with Gasteiger partial charge in [-0.05, 0) is 40.8 Å². The number of thioether (sulfide) groups is 1. The van der Waals surface area contributed by atoms with Crippen LogP contribution in [0.15, 0.2) is 47.6 Å². The molecule has 0 aliphatic heterocycles. The molecule has 3 aromatic rings. The van der Waals surface area contributed by atoms with E-state index in [1.54, 1.807) is 6.07 Å². The molecule has 0 aliphatic rings. The minimum atomic E-state index is -0.872. The van der Waals surface area contributed by atoms with Gasteiger partial charge in [0.25, 0.3) is 0 Å². The smallest absolute Gasteiger partial charge is 0.235 e. The summed E-state index contributed by atoms with van der Waals surface area (Å²) in [4.78, 5) is 11.9. The summed E-state index contributed by atoms with van der Waals surface area (Å²) < 4.78 is 41.6. The molecule has 0 saturated heterocycles. The molecule has 0 atom stereocenters. The SMILES string of the molecule is O=C(CSc1nnnn1-c1cccc(F)c1)Nc1c(F)cccc1F. The number of tetrazole rings is 1. The highest BCUT2D eigenvalue weighted by molar-refractivity contribution is 7.99. The van der Waals surface area contributed by atoms with Crippen LogP contribution in [0.3, 0.4) is 0 Å². The van der Waals surface area contributed by atoms with Gasteiger partial charge in [-0.2, -0.15) is 4.68 Å². The number of nitrogens with zero attached hydrogens (tertiary/aromatic N) is 4. The summed E-state index contributed by atoms with van der Waals surface area (Å²) in [7, 11) is 0. The molecule has 0 radical (unpaired) electrons. The zero-order valence-corrected chi connectivity index (χ0v) is 13.3. The first kappa shape index (κ1) is 17.0. The van der Waals surface area contributed by atoms with Crippen LogP contribution in [0.1, 0.15) is 0 Å². The molecule has 25 heavy (non-hydrogen) atoms. The van der Waals surface area contributed by atoms with Crippen molar-refractivity contribution in [3.8, 4) is 5.69 Å². The lowest BCUT2D eigenvalue weighted by Gasteiger charge is -2.07. The van der Waals surface area contributed by atoms with Crippen LogP contribution in [-0.2, 0) is 4.79 Å². The van der Waals surface area contributed by atoms with E-state index in [0.717, 1.165) is 23.9 Å². The molecule has 1 aromatic heterocycles. The largest absolute Gasteiger partial charge is 0.320 e. The normalized spacial score (nSPS) is 10.7. The quantitative estimate of drug-likeness (QED) is 0.704. The number of hydrogen-bond donors (Lipinski definition) is 1. The van der Waals surface area contributed by atoms with E-state index in [4.69, 9.17) is 0 Å². The number of nitrogens with one attached hydrogen (secondary N) is 1. The lowest BCUT2D eigenvalue weighted by molar-refractivity contribution is -0.113. The molecule has 6 nitrogen and oxygen atoms in total. The Morgan fingerprint density at radius 3 is 2.56 bits per heavy atom. The molecule has 0 fully saturated rings. The standard InChI is InChI=1S/C15H10F3N5OS/c16-9-3-1-4-10(7-9)23-15(20-21-22-23)25-8-13(24)19-14-11(17)5-2-6-12(14)18/h1-7H,8H2,(H,19,24). The van der Waals surface area contributed by atoms with E-state index in [2.05, 4.69) is 20.8 Å². The zero-order chi connectivity index (χ0) is 17.8. The van der Waals surface area contributed by atoms with Crippen LogP contribution in [-0.4, -0.2) is 31.9 Å². The Hall–Kier alpha value is -2.88. The van der Waals surface area contributed by atoms with Crippen molar-refractivity contribution < 1.29 is 18.0 Å². The van der Waals surface area contributed by atoms with Crippen molar-refractivity contribution in [1.82, 2.24) is 20.2 Å². The van der Waals surface area contributed by atoms with Crippen LogP contribution in [0.2, 0.25) is 0 Å². The van der Waals surface area contributed by atoms with E-state index in [1.807, 2.05) is 0 Å². The van der Waals surface area contributed by atoms with E-state index in [-0.39, 0.29) is 10.9 Å². The lowest BCUT2D eigenvalue weighted by Crippen LogP contribution is -2.16. The van der Waals surface area contributed by atoms with E-state index < -0.39 is 29.0 Å². The third kappa shape index (κ3) is 3.97. The van der Waals surface area contributed by atoms with Gasteiger partial charge in [0.15, 0.2) is 0 Å². The van der Waals surface area contributed by atoms with Crippen molar-refractivity contribution in [3.05, 3.63) is 59.9 Å². The Morgan fingerprint density at radius 1 is 1.12 bits per heavy atom. The monoisotopic (exact) mass is 365 g/mol. The van der Waals surface area contributed by atoms with E-state index in [0.29, 0.717) is 5.69 Å². The fourth-order valence-electron chi connectivity index (χ4n) is 1.96. The van der Waals surface area contributed by atoms with Crippen molar-refractivity contribution in [2.75, 3.05) is 11.1 Å². The first-order valence-corrected chi connectivity index (χ1v) is 7.94. The number of anilines is 1. The third-order valence-corrected chi connectivity index (χ3v) is 3.97. The van der Waals surface area contributed by atoms with Gasteiger partial charge < -0.3 is 5.32 Å². The molecule has 10 heteroatoms. The van der Waals surface area contributed by atoms with Gasteiger partial charge in [-0.3, -0.25) is 4.79 Å². The van der Waals surface area contributed by atoms with Crippen LogP contribution >= 0.6 is 11.8 Å². The number of para-hydroxylation sites is 1. The van der Waals surface area contributed by atoms with Gasteiger partial charge in [0.05, 0.1) is 11.4 Å². The Kier molecular flexibility index (Phi) is 4.98. The maximum atomic E-state index is 13.5. The fraction of sp³-hybridized carbons (Fsp3) is 0.0667. The van der Waals surface area contributed by atoms with Gasteiger partial charge >= 0.3 is 0 Å². The van der Waals surface area contributed by atoms with Crippen molar-refractivity contribution in [2.24, 2.45) is 0 Å². The number of aromatic nitrogens is 4. The zero-order valence-electron chi connectivity index (χ0n) is 12.5. The summed E-state index contributed by atoms with van der Waals surface area (Å²) in [6.45, 7) is 0. The molecular weight excluding hydrogens is 355 g/mol. The van der Waals surface area contributed by atoms with Gasteiger partial charge in [-0.1, -0.05) is 23.9 Å². The Bertz CT molecular complexity index is 897. The molecule has 0 spiro atoms. The Labute approximate surface area is 144 Å². The molecular formula is C15H10F3N5OS. The molecule has 3 rings (SSSR count). The highest BCUT2D eigenvalue weighted by Gasteiger charge is 2.15. The molecule has 128 valence electrons. The highest BCUT2D eigenvalue weighted by atomic mass is 32.2. The number of halogens is 3. The summed E-state index contributed by atoms with van der Waals surface area (Å²) in [6, 6.07) is 8.87. The van der Waals surface area contributed by atoms with Crippen molar-refractivity contribution >= 4 is 23.4 Å². The van der Waals surface area contributed by atoms with E-state index in [1.165, 1.54) is 28.9 Å². The average Bonchev–Trinajstić information content (AvgIpc) is 3.05. The van der Waals surface area contributed by atoms with E-state index in [9.17, 15) is 18.0 Å². The van der Waals surface area contributed by atoms with Crippen LogP contribution in [0.4, 0.5) is 18.9 Å². The van der Waals surface area contributed by atoms with Gasteiger partial charge in [0.1, 0.15) is 23.1 Å². The van der Waals surface area contributed by atoms with E-state index >= 15 is 0 Å². The molecule has 1 N–H and O–H groups in total. The molecule has 0 aliphatic carbocycles. The number of amides is 1. The van der Waals surface area contributed by atoms with Gasteiger partial charge in [0.2, 0.25) is 11.1 Å². The molecule has 2 aromatic carbocycles. The Balaban J connectivity index is 1.69. The minimum Gasteiger partial charge on any atom is -0.320 e. The minimum absolute atomic E-state index is 0.191. The van der Waals surface area contributed by atoms with Crippen LogP contribution in [0.25, 0.3) is 5.69 Å². The van der Waals surface area contributed by atoms with Gasteiger partial charge in [-0.15, -0.1) is 5.10 Å². The molecule has 1 amide bonds. The summed E-state index contributed by atoms with van der Waals surface area (Å²) >= 11 is 0.941. The number of rotatable bonds is 5. The third-order valence-electron chi connectivity index (χ3n) is 3.05. The number of carbonyl (C=O) groups is 1. The van der Waals surface area contributed by atoms with Gasteiger partial charge in [0, 0.05) is 0 Å².